The number of aromatic nitrogens is 2. The van der Waals surface area contributed by atoms with Gasteiger partial charge in [-0.15, -0.1) is 0 Å². The van der Waals surface area contributed by atoms with Crippen molar-refractivity contribution in [2.75, 3.05) is 4.90 Å². The molecule has 1 saturated heterocycles. The van der Waals surface area contributed by atoms with Crippen LogP contribution in [0.2, 0.25) is 0 Å². The van der Waals surface area contributed by atoms with Crippen molar-refractivity contribution in [3.63, 3.8) is 0 Å². The lowest BCUT2D eigenvalue weighted by atomic mass is 9.96. The van der Waals surface area contributed by atoms with Gasteiger partial charge >= 0.3 is 0 Å². The zero-order valence-electron chi connectivity index (χ0n) is 23.8. The molecule has 0 bridgehead atoms. The van der Waals surface area contributed by atoms with Crippen LogP contribution in [-0.4, -0.2) is 14.7 Å². The summed E-state index contributed by atoms with van der Waals surface area (Å²) in [7, 11) is 0. The Balaban J connectivity index is 1.45. The maximum Gasteiger partial charge on any atom is 0.174 e. The molecular weight excluding hydrogens is 524 g/mol. The first-order chi connectivity index (χ1) is 20.0. The minimum Gasteiger partial charge on any atom is -0.457 e. The SMILES string of the molecule is CCc1cccc(C)c1-n1c(C)cc([C@H]2[C@@H](c3ccccn3)NC(=S)N2c2ccc(Oc3ccccc3)cc2)c1C. The van der Waals surface area contributed by atoms with Crippen LogP contribution in [0.25, 0.3) is 5.69 Å². The molecule has 3 aromatic carbocycles. The number of hydrogen-bond donors (Lipinski definition) is 1. The largest absolute Gasteiger partial charge is 0.457 e. The van der Waals surface area contributed by atoms with Crippen molar-refractivity contribution < 1.29 is 4.74 Å². The lowest BCUT2D eigenvalue weighted by molar-refractivity contribution is 0.482. The van der Waals surface area contributed by atoms with E-state index in [1.165, 1.54) is 33.8 Å². The first-order valence-electron chi connectivity index (χ1n) is 14.1. The van der Waals surface area contributed by atoms with Gasteiger partial charge in [-0.3, -0.25) is 4.98 Å². The molecular formula is C35H34N4OS. The van der Waals surface area contributed by atoms with Crippen LogP contribution >= 0.6 is 12.2 Å². The van der Waals surface area contributed by atoms with Crippen molar-refractivity contribution in [3.05, 3.63) is 137 Å². The van der Waals surface area contributed by atoms with Gasteiger partial charge in [-0.05, 0) is 111 Å². The first-order valence-corrected chi connectivity index (χ1v) is 14.5. The summed E-state index contributed by atoms with van der Waals surface area (Å²) in [5.41, 5.74) is 9.47. The van der Waals surface area contributed by atoms with Crippen LogP contribution in [0.15, 0.2) is 103 Å². The molecule has 0 spiro atoms. The van der Waals surface area contributed by atoms with Gasteiger partial charge in [0.25, 0.3) is 0 Å². The summed E-state index contributed by atoms with van der Waals surface area (Å²) in [4.78, 5) is 6.97. The van der Waals surface area contributed by atoms with E-state index in [9.17, 15) is 0 Å². The van der Waals surface area contributed by atoms with Crippen molar-refractivity contribution in [1.82, 2.24) is 14.9 Å². The molecule has 0 unspecified atom stereocenters. The molecule has 1 N–H and O–H groups in total. The highest BCUT2D eigenvalue weighted by Gasteiger charge is 2.42. The number of nitrogens with one attached hydrogen (secondary N) is 1. The molecule has 0 radical (unpaired) electrons. The monoisotopic (exact) mass is 558 g/mol. The van der Waals surface area contributed by atoms with Crippen molar-refractivity contribution in [1.29, 1.82) is 0 Å². The van der Waals surface area contributed by atoms with Gasteiger partial charge in [0.05, 0.1) is 23.5 Å². The average molecular weight is 559 g/mol. The van der Waals surface area contributed by atoms with Gasteiger partial charge in [0.2, 0.25) is 0 Å². The summed E-state index contributed by atoms with van der Waals surface area (Å²) in [6, 6.07) is 32.7. The van der Waals surface area contributed by atoms with Gasteiger partial charge in [-0.25, -0.2) is 0 Å². The topological polar surface area (TPSA) is 42.3 Å². The highest BCUT2D eigenvalue weighted by molar-refractivity contribution is 7.80. The molecule has 1 aliphatic rings. The van der Waals surface area contributed by atoms with E-state index < -0.39 is 0 Å². The molecule has 1 fully saturated rings. The van der Waals surface area contributed by atoms with Gasteiger partial charge in [0, 0.05) is 23.3 Å². The highest BCUT2D eigenvalue weighted by atomic mass is 32.1. The number of nitrogens with zero attached hydrogens (tertiary/aromatic N) is 3. The van der Waals surface area contributed by atoms with Crippen LogP contribution < -0.4 is 15.0 Å². The third-order valence-corrected chi connectivity index (χ3v) is 8.22. The number of rotatable bonds is 7. The Labute approximate surface area is 247 Å². The Morgan fingerprint density at radius 2 is 1.59 bits per heavy atom. The van der Waals surface area contributed by atoms with E-state index in [4.69, 9.17) is 21.9 Å². The molecule has 5 nitrogen and oxygen atoms in total. The molecule has 5 aromatic rings. The molecule has 2 atom stereocenters. The molecule has 0 aliphatic carbocycles. The van der Waals surface area contributed by atoms with Gasteiger partial charge in [0.15, 0.2) is 5.11 Å². The summed E-state index contributed by atoms with van der Waals surface area (Å²) >= 11 is 6.00. The molecule has 41 heavy (non-hydrogen) atoms. The van der Waals surface area contributed by atoms with Crippen molar-refractivity contribution >= 4 is 23.0 Å². The number of benzene rings is 3. The van der Waals surface area contributed by atoms with Crippen molar-refractivity contribution in [3.8, 4) is 17.2 Å². The number of aryl methyl sites for hydroxylation is 3. The average Bonchev–Trinajstić information content (AvgIpc) is 3.49. The molecule has 2 aromatic heterocycles. The Kier molecular flexibility index (Phi) is 7.33. The lowest BCUT2D eigenvalue weighted by Crippen LogP contribution is -2.29. The zero-order chi connectivity index (χ0) is 28.5. The van der Waals surface area contributed by atoms with E-state index in [0.29, 0.717) is 5.11 Å². The van der Waals surface area contributed by atoms with Gasteiger partial charge in [-0.2, -0.15) is 0 Å². The fourth-order valence-corrected chi connectivity index (χ4v) is 6.35. The van der Waals surface area contributed by atoms with E-state index in [1.807, 2.05) is 60.8 Å². The smallest absolute Gasteiger partial charge is 0.174 e. The maximum absolute atomic E-state index is 6.06. The van der Waals surface area contributed by atoms with Crippen molar-refractivity contribution in [2.45, 2.75) is 46.2 Å². The molecule has 206 valence electrons. The van der Waals surface area contributed by atoms with Crippen molar-refractivity contribution in [2.24, 2.45) is 0 Å². The fraction of sp³-hybridized carbons (Fsp3) is 0.200. The van der Waals surface area contributed by atoms with Crippen LogP contribution in [0.4, 0.5) is 5.69 Å². The maximum atomic E-state index is 6.06. The van der Waals surface area contributed by atoms with Crippen LogP contribution in [0, 0.1) is 20.8 Å². The second-order valence-electron chi connectivity index (χ2n) is 10.5. The number of anilines is 1. The van der Waals surface area contributed by atoms with Crippen LogP contribution in [0.5, 0.6) is 11.5 Å². The number of hydrogen-bond acceptors (Lipinski definition) is 3. The molecule has 1 aliphatic heterocycles. The molecule has 3 heterocycles. The number of para-hydroxylation sites is 2. The van der Waals surface area contributed by atoms with E-state index in [-0.39, 0.29) is 12.1 Å². The zero-order valence-corrected chi connectivity index (χ0v) is 24.7. The molecule has 0 amide bonds. The number of thiocarbonyl (C=S) groups is 1. The van der Waals surface area contributed by atoms with E-state index in [2.05, 4.69) is 84.9 Å². The Morgan fingerprint density at radius 1 is 0.854 bits per heavy atom. The molecule has 0 saturated carbocycles. The van der Waals surface area contributed by atoms with Crippen LogP contribution in [0.1, 0.15) is 52.8 Å². The Hall–Kier alpha value is -4.42. The quantitative estimate of drug-likeness (QED) is 0.203. The minimum absolute atomic E-state index is 0.0904. The third-order valence-electron chi connectivity index (χ3n) is 7.91. The van der Waals surface area contributed by atoms with E-state index in [0.717, 1.165) is 29.3 Å². The first kappa shape index (κ1) is 26.8. The van der Waals surface area contributed by atoms with E-state index in [1.54, 1.807) is 0 Å². The summed E-state index contributed by atoms with van der Waals surface area (Å²) in [5.74, 6) is 1.59. The van der Waals surface area contributed by atoms with Gasteiger partial charge in [0.1, 0.15) is 11.5 Å². The fourth-order valence-electron chi connectivity index (χ4n) is 6.00. The predicted octanol–water partition coefficient (Wildman–Crippen LogP) is 8.33. The summed E-state index contributed by atoms with van der Waals surface area (Å²) in [5, 5.41) is 4.28. The summed E-state index contributed by atoms with van der Waals surface area (Å²) in [6.45, 7) is 8.83. The standard InChI is InChI=1S/C35H34N4OS/c1-5-26-13-11-12-23(2)33(26)38-24(3)22-30(25(38)4)34-32(31-16-9-10-21-36-31)37-35(41)39(34)27-17-19-29(20-18-27)40-28-14-7-6-8-15-28/h6-22,32,34H,5H2,1-4H3,(H,37,41)/t32-,34+/m1/s1. The summed E-state index contributed by atoms with van der Waals surface area (Å²) < 4.78 is 8.48. The molecule has 6 rings (SSSR count). The summed E-state index contributed by atoms with van der Waals surface area (Å²) in [6.07, 6.45) is 2.82. The molecule has 6 heteroatoms. The second kappa shape index (κ2) is 11.2. The lowest BCUT2D eigenvalue weighted by Gasteiger charge is -2.28. The Bertz CT molecular complexity index is 1680. The second-order valence-corrected chi connectivity index (χ2v) is 10.9. The van der Waals surface area contributed by atoms with Crippen LogP contribution in [-0.2, 0) is 6.42 Å². The minimum atomic E-state index is -0.111. The van der Waals surface area contributed by atoms with Gasteiger partial charge < -0.3 is 19.5 Å². The third kappa shape index (κ3) is 5.00. The van der Waals surface area contributed by atoms with Gasteiger partial charge in [-0.1, -0.05) is 49.4 Å². The number of pyridine rings is 1. The highest BCUT2D eigenvalue weighted by Crippen LogP contribution is 2.44. The van der Waals surface area contributed by atoms with Crippen LogP contribution in [0.3, 0.4) is 0 Å². The predicted molar refractivity (Wildman–Crippen MR) is 170 cm³/mol. The Morgan fingerprint density at radius 3 is 2.29 bits per heavy atom. The normalized spacial score (nSPS) is 16.6. The van der Waals surface area contributed by atoms with E-state index >= 15 is 0 Å². The number of ether oxygens (including phenoxy) is 1.